The van der Waals surface area contributed by atoms with E-state index in [2.05, 4.69) is 246 Å². The molecule has 388 valence electrons. The standard InChI is InChI=1S/C72H82BN3/c1-66(2,3)51-22-18-45(19-23-51)46-21-30-60-57(35-46)71(14)32-16-17-33-72(71,15)76(60)56-39-63-65-64(40-56)75(55-27-20-47-41-69(10,11)42-48(47)34-55)62-37-50-44-70(12,13)43-49(50)36-58(62)73(65)59-38-53(68(7,8)9)26-31-61(59)74(63)54-28-24-52(25-29-54)67(4,5)6/h18-31,34-40H,16-17,32-33,41-44H2,1-15H3. The Bertz CT molecular complexity index is 3540. The van der Waals surface area contributed by atoms with Crippen molar-refractivity contribution in [2.24, 2.45) is 10.8 Å². The van der Waals surface area contributed by atoms with Crippen LogP contribution in [0, 0.1) is 10.8 Å². The Balaban J connectivity index is 1.11. The molecule has 0 amide bonds. The summed E-state index contributed by atoms with van der Waals surface area (Å²) in [5.74, 6) is 0. The summed E-state index contributed by atoms with van der Waals surface area (Å²) in [6.07, 6.45) is 9.19. The summed E-state index contributed by atoms with van der Waals surface area (Å²) in [6, 6.07) is 52.2. The lowest BCUT2D eigenvalue weighted by Gasteiger charge is -2.51. The van der Waals surface area contributed by atoms with E-state index in [4.69, 9.17) is 0 Å². The lowest BCUT2D eigenvalue weighted by Crippen LogP contribution is -2.62. The Morgan fingerprint density at radius 3 is 1.53 bits per heavy atom. The van der Waals surface area contributed by atoms with Gasteiger partial charge < -0.3 is 14.7 Å². The number of benzene rings is 7. The highest BCUT2D eigenvalue weighted by Crippen LogP contribution is 2.62. The van der Waals surface area contributed by atoms with Crippen molar-refractivity contribution in [2.45, 2.75) is 182 Å². The second-order valence-electron chi connectivity index (χ2n) is 29.7. The van der Waals surface area contributed by atoms with Crippen molar-refractivity contribution >= 4 is 68.6 Å². The number of nitrogens with zero attached hydrogens (tertiary/aromatic N) is 3. The fourth-order valence-electron chi connectivity index (χ4n) is 15.5. The minimum absolute atomic E-state index is 0.0220. The highest BCUT2D eigenvalue weighted by molar-refractivity contribution is 7.00. The molecule has 2 unspecified atom stereocenters. The number of hydrogen-bond donors (Lipinski definition) is 0. The summed E-state index contributed by atoms with van der Waals surface area (Å²) >= 11 is 0. The first-order valence-electron chi connectivity index (χ1n) is 29.1. The van der Waals surface area contributed by atoms with Gasteiger partial charge >= 0.3 is 0 Å². The van der Waals surface area contributed by atoms with Crippen molar-refractivity contribution in [2.75, 3.05) is 14.7 Å². The first kappa shape index (κ1) is 49.6. The molecule has 3 heterocycles. The summed E-state index contributed by atoms with van der Waals surface area (Å²) in [5, 5.41) is 0. The summed E-state index contributed by atoms with van der Waals surface area (Å²) < 4.78 is 0. The molecule has 0 radical (unpaired) electrons. The Labute approximate surface area is 457 Å². The molecule has 3 aliphatic heterocycles. The average Bonchev–Trinajstić information content (AvgIpc) is 4.11. The van der Waals surface area contributed by atoms with Gasteiger partial charge in [-0.1, -0.05) is 177 Å². The van der Waals surface area contributed by atoms with Crippen LogP contribution in [0.4, 0.5) is 45.5 Å². The molecule has 0 N–H and O–H groups in total. The van der Waals surface area contributed by atoms with Gasteiger partial charge in [-0.3, -0.25) is 0 Å². The monoisotopic (exact) mass is 1000 g/mol. The van der Waals surface area contributed by atoms with E-state index in [-0.39, 0.29) is 44.7 Å². The highest BCUT2D eigenvalue weighted by atomic mass is 15.3. The van der Waals surface area contributed by atoms with Crippen LogP contribution in [-0.2, 0) is 47.3 Å². The smallest absolute Gasteiger partial charge is 0.252 e. The molecule has 7 aromatic rings. The quantitative estimate of drug-likeness (QED) is 0.163. The zero-order valence-corrected chi connectivity index (χ0v) is 48.7. The van der Waals surface area contributed by atoms with Gasteiger partial charge in [0.05, 0.1) is 5.54 Å². The molecule has 2 atom stereocenters. The molecule has 0 aromatic heterocycles. The van der Waals surface area contributed by atoms with Gasteiger partial charge in [0.1, 0.15) is 0 Å². The van der Waals surface area contributed by atoms with E-state index in [1.165, 1.54) is 137 Å². The topological polar surface area (TPSA) is 9.72 Å². The molecule has 0 spiro atoms. The van der Waals surface area contributed by atoms with E-state index in [1.807, 2.05) is 0 Å². The summed E-state index contributed by atoms with van der Waals surface area (Å²) in [5.41, 5.74) is 29.3. The minimum atomic E-state index is -0.154. The molecule has 3 nitrogen and oxygen atoms in total. The van der Waals surface area contributed by atoms with Crippen LogP contribution in [-0.4, -0.2) is 12.3 Å². The first-order chi connectivity index (χ1) is 35.7. The van der Waals surface area contributed by atoms with Gasteiger partial charge in [-0.15, -0.1) is 0 Å². The van der Waals surface area contributed by atoms with Crippen molar-refractivity contribution in [3.05, 3.63) is 172 Å². The number of hydrogen-bond acceptors (Lipinski definition) is 3. The van der Waals surface area contributed by atoms with Gasteiger partial charge in [0.25, 0.3) is 6.71 Å². The third-order valence-electron chi connectivity index (χ3n) is 19.8. The van der Waals surface area contributed by atoms with Crippen molar-refractivity contribution in [1.29, 1.82) is 0 Å². The molecule has 1 fully saturated rings. The normalized spacial score (nSPS) is 21.7. The Morgan fingerprint density at radius 1 is 0.395 bits per heavy atom. The lowest BCUT2D eigenvalue weighted by atomic mass is 9.33. The molecule has 13 rings (SSSR count). The molecular weight excluding hydrogens is 918 g/mol. The number of anilines is 8. The van der Waals surface area contributed by atoms with Gasteiger partial charge in [0.2, 0.25) is 0 Å². The van der Waals surface area contributed by atoms with Crippen LogP contribution >= 0.6 is 0 Å². The minimum Gasteiger partial charge on any atom is -0.334 e. The second kappa shape index (κ2) is 16.3. The fourth-order valence-corrected chi connectivity index (χ4v) is 15.5. The lowest BCUT2D eigenvalue weighted by molar-refractivity contribution is 0.195. The van der Waals surface area contributed by atoms with Crippen LogP contribution in [0.5, 0.6) is 0 Å². The van der Waals surface area contributed by atoms with Gasteiger partial charge in [0.15, 0.2) is 0 Å². The van der Waals surface area contributed by atoms with Crippen molar-refractivity contribution in [1.82, 2.24) is 0 Å². The molecule has 7 aromatic carbocycles. The molecule has 3 aliphatic carbocycles. The van der Waals surface area contributed by atoms with Crippen LogP contribution < -0.4 is 31.1 Å². The van der Waals surface area contributed by atoms with Crippen LogP contribution in [0.1, 0.15) is 174 Å². The van der Waals surface area contributed by atoms with Crippen LogP contribution in [0.15, 0.2) is 127 Å². The van der Waals surface area contributed by atoms with Gasteiger partial charge in [0, 0.05) is 50.9 Å². The maximum Gasteiger partial charge on any atom is 0.252 e. The van der Waals surface area contributed by atoms with Gasteiger partial charge in [-0.2, -0.15) is 0 Å². The first-order valence-corrected chi connectivity index (χ1v) is 29.1. The number of fused-ring (bicyclic) bond motifs is 9. The maximum absolute atomic E-state index is 2.85. The fraction of sp³-hybridized carbons (Fsp3) is 0.417. The molecule has 6 aliphatic rings. The van der Waals surface area contributed by atoms with E-state index in [9.17, 15) is 0 Å². The van der Waals surface area contributed by atoms with Crippen molar-refractivity contribution < 1.29 is 0 Å². The maximum atomic E-state index is 2.85. The van der Waals surface area contributed by atoms with Gasteiger partial charge in [-0.25, -0.2) is 0 Å². The molecule has 1 saturated carbocycles. The average molecular weight is 1000 g/mol. The third kappa shape index (κ3) is 7.56. The molecule has 76 heavy (non-hydrogen) atoms. The second-order valence-corrected chi connectivity index (χ2v) is 29.7. The Hall–Kier alpha value is -6.00. The van der Waals surface area contributed by atoms with E-state index in [0.29, 0.717) is 0 Å². The van der Waals surface area contributed by atoms with Crippen LogP contribution in [0.25, 0.3) is 11.1 Å². The Kier molecular flexibility index (Phi) is 10.6. The SMILES string of the molecule is CC1(C)Cc2ccc(N3c4cc5c(cc4B4c6cc(C(C)(C)C)ccc6N(c6ccc(C(C)(C)C)cc6)c6cc(N7c8ccc(-c9ccc(C(C)(C)C)cc9)cc8C8(C)CCCCC78C)cc3c64)CC(C)(C)C5)cc2C1. The van der Waals surface area contributed by atoms with Crippen molar-refractivity contribution in [3.63, 3.8) is 0 Å². The third-order valence-corrected chi connectivity index (χ3v) is 19.8. The number of rotatable bonds is 4. The van der Waals surface area contributed by atoms with Gasteiger partial charge in [-0.05, 0) is 205 Å². The van der Waals surface area contributed by atoms with Crippen LogP contribution in [0.2, 0.25) is 0 Å². The summed E-state index contributed by atoms with van der Waals surface area (Å²) in [6.45, 7) is 36.2. The Morgan fingerprint density at radius 2 is 0.895 bits per heavy atom. The van der Waals surface area contributed by atoms with E-state index in [1.54, 1.807) is 0 Å². The largest absolute Gasteiger partial charge is 0.334 e. The zero-order chi connectivity index (χ0) is 53.4. The highest BCUT2D eigenvalue weighted by Gasteiger charge is 2.58. The predicted octanol–water partition coefficient (Wildman–Crippen LogP) is 17.3. The summed E-state index contributed by atoms with van der Waals surface area (Å²) in [4.78, 5) is 8.26. The van der Waals surface area contributed by atoms with E-state index < -0.39 is 0 Å². The van der Waals surface area contributed by atoms with E-state index >= 15 is 0 Å². The van der Waals surface area contributed by atoms with E-state index in [0.717, 1.165) is 32.1 Å². The predicted molar refractivity (Wildman–Crippen MR) is 327 cm³/mol. The molecular formula is C72H82BN3. The summed E-state index contributed by atoms with van der Waals surface area (Å²) in [7, 11) is 0. The molecule has 0 bridgehead atoms. The molecule has 4 heteroatoms. The molecule has 0 saturated heterocycles. The van der Waals surface area contributed by atoms with Crippen LogP contribution in [0.3, 0.4) is 0 Å². The van der Waals surface area contributed by atoms with Crippen molar-refractivity contribution in [3.8, 4) is 11.1 Å². The zero-order valence-electron chi connectivity index (χ0n) is 48.7.